The molecule has 1 unspecified atom stereocenters. The molecule has 0 saturated heterocycles. The molecule has 2 N–H and O–H groups in total. The van der Waals surface area contributed by atoms with Gasteiger partial charge in [0.1, 0.15) is 0 Å². The molecular weight excluding hydrogens is 374 g/mol. The Balaban J connectivity index is 0.000000516. The van der Waals surface area contributed by atoms with E-state index in [0.717, 1.165) is 40.0 Å². The minimum absolute atomic E-state index is 0.552. The van der Waals surface area contributed by atoms with Gasteiger partial charge < -0.3 is 10.2 Å². The standard InChI is InChI=1S/C19H17N3OS.C2H4O2/c1-12-11-20-18-19(23)21-17(13-6-4-3-5-7-13)15-10-14(24-2)8-9-16(15)22(12)18;1-2(3)4/h3-11,19,23H,1-2H3;1H3,(H,3,4). The van der Waals surface area contributed by atoms with Crippen LogP contribution in [0.4, 0.5) is 0 Å². The number of aryl methyl sites for hydroxylation is 1. The van der Waals surface area contributed by atoms with Crippen molar-refractivity contribution in [1.82, 2.24) is 9.55 Å². The number of nitrogens with zero attached hydrogens (tertiary/aromatic N) is 3. The molecule has 3 aromatic rings. The van der Waals surface area contributed by atoms with Crippen LogP contribution in [0.15, 0.2) is 64.6 Å². The third kappa shape index (κ3) is 4.00. The van der Waals surface area contributed by atoms with Gasteiger partial charge in [0.2, 0.25) is 6.23 Å². The predicted molar refractivity (Wildman–Crippen MR) is 110 cm³/mol. The maximum atomic E-state index is 10.6. The molecule has 6 nitrogen and oxygen atoms in total. The summed E-state index contributed by atoms with van der Waals surface area (Å²) in [4.78, 5) is 19.1. The van der Waals surface area contributed by atoms with Crippen LogP contribution in [0, 0.1) is 6.92 Å². The second kappa shape index (κ2) is 8.41. The van der Waals surface area contributed by atoms with Gasteiger partial charge in [0, 0.05) is 34.8 Å². The zero-order valence-electron chi connectivity index (χ0n) is 15.8. The van der Waals surface area contributed by atoms with Crippen molar-refractivity contribution in [2.45, 2.75) is 25.0 Å². The van der Waals surface area contributed by atoms with Gasteiger partial charge in [-0.3, -0.25) is 9.36 Å². The minimum Gasteiger partial charge on any atom is -0.481 e. The molecule has 2 heterocycles. The fourth-order valence-corrected chi connectivity index (χ4v) is 3.49. The number of benzene rings is 2. The Labute approximate surface area is 167 Å². The van der Waals surface area contributed by atoms with E-state index in [0.29, 0.717) is 5.82 Å². The monoisotopic (exact) mass is 395 g/mol. The molecule has 0 aliphatic carbocycles. The molecule has 1 atom stereocenters. The number of hydrogen-bond donors (Lipinski definition) is 2. The summed E-state index contributed by atoms with van der Waals surface area (Å²) >= 11 is 1.69. The number of aliphatic imine (C=N–C) groups is 1. The first-order valence-corrected chi connectivity index (χ1v) is 9.88. The molecular formula is C21H21N3O3S. The summed E-state index contributed by atoms with van der Waals surface area (Å²) in [6.07, 6.45) is 2.84. The van der Waals surface area contributed by atoms with Crippen molar-refractivity contribution in [3.05, 3.63) is 77.4 Å². The van der Waals surface area contributed by atoms with Gasteiger partial charge >= 0.3 is 0 Å². The topological polar surface area (TPSA) is 87.7 Å². The van der Waals surface area contributed by atoms with E-state index in [-0.39, 0.29) is 0 Å². The number of aliphatic hydroxyl groups excluding tert-OH is 1. The molecule has 2 aromatic carbocycles. The Hall–Kier alpha value is -2.90. The fourth-order valence-electron chi connectivity index (χ4n) is 3.05. The summed E-state index contributed by atoms with van der Waals surface area (Å²) in [7, 11) is 0. The SMILES string of the molecule is CC(=O)O.CSc1ccc2c(c1)C(c1ccccc1)=NC(O)c1ncc(C)n1-2. The first-order valence-electron chi connectivity index (χ1n) is 8.66. The van der Waals surface area contributed by atoms with Gasteiger partial charge in [-0.1, -0.05) is 30.3 Å². The predicted octanol–water partition coefficient (Wildman–Crippen LogP) is 3.84. The highest BCUT2D eigenvalue weighted by Gasteiger charge is 2.25. The van der Waals surface area contributed by atoms with Crippen molar-refractivity contribution >= 4 is 23.4 Å². The summed E-state index contributed by atoms with van der Waals surface area (Å²) < 4.78 is 1.99. The van der Waals surface area contributed by atoms with Gasteiger partial charge in [-0.05, 0) is 31.4 Å². The second-order valence-electron chi connectivity index (χ2n) is 6.21. The molecule has 0 amide bonds. The Kier molecular flexibility index (Phi) is 5.96. The highest BCUT2D eigenvalue weighted by molar-refractivity contribution is 7.98. The molecule has 0 fully saturated rings. The van der Waals surface area contributed by atoms with E-state index < -0.39 is 12.2 Å². The molecule has 1 aliphatic heterocycles. The number of aromatic nitrogens is 2. The van der Waals surface area contributed by atoms with Crippen LogP contribution in [0.25, 0.3) is 5.69 Å². The Morgan fingerprint density at radius 2 is 1.86 bits per heavy atom. The van der Waals surface area contributed by atoms with Gasteiger partial charge in [-0.15, -0.1) is 11.8 Å². The van der Waals surface area contributed by atoms with Crippen LogP contribution in [-0.4, -0.2) is 37.7 Å². The van der Waals surface area contributed by atoms with Crippen molar-refractivity contribution in [2.24, 2.45) is 4.99 Å². The first kappa shape index (κ1) is 19.9. The molecule has 4 rings (SSSR count). The van der Waals surface area contributed by atoms with E-state index in [1.165, 1.54) is 0 Å². The number of aliphatic carboxylic acids is 1. The lowest BCUT2D eigenvalue weighted by atomic mass is 10.0. The van der Waals surface area contributed by atoms with Crippen molar-refractivity contribution in [3.8, 4) is 5.69 Å². The third-order valence-electron chi connectivity index (χ3n) is 4.19. The van der Waals surface area contributed by atoms with E-state index in [9.17, 15) is 5.11 Å². The second-order valence-corrected chi connectivity index (χ2v) is 7.09. The summed E-state index contributed by atoms with van der Waals surface area (Å²) in [6.45, 7) is 3.07. The average Bonchev–Trinajstić information content (AvgIpc) is 3.01. The van der Waals surface area contributed by atoms with Gasteiger partial charge in [0.25, 0.3) is 5.97 Å². The summed E-state index contributed by atoms with van der Waals surface area (Å²) in [6, 6.07) is 16.3. The van der Waals surface area contributed by atoms with E-state index in [1.54, 1.807) is 18.0 Å². The smallest absolute Gasteiger partial charge is 0.300 e. The number of thioether (sulfide) groups is 1. The van der Waals surface area contributed by atoms with Crippen molar-refractivity contribution in [2.75, 3.05) is 6.26 Å². The summed E-state index contributed by atoms with van der Waals surface area (Å²) in [5, 5.41) is 18.0. The molecule has 1 aromatic heterocycles. The minimum atomic E-state index is -0.987. The highest BCUT2D eigenvalue weighted by Crippen LogP contribution is 2.32. The Bertz CT molecular complexity index is 1020. The fraction of sp³-hybridized carbons (Fsp3) is 0.190. The number of rotatable bonds is 2. The van der Waals surface area contributed by atoms with Crippen molar-refractivity contribution in [1.29, 1.82) is 0 Å². The van der Waals surface area contributed by atoms with Crippen LogP contribution < -0.4 is 0 Å². The number of aliphatic hydroxyl groups is 1. The Morgan fingerprint density at radius 1 is 1.18 bits per heavy atom. The van der Waals surface area contributed by atoms with Gasteiger partial charge in [0.05, 0.1) is 11.4 Å². The van der Waals surface area contributed by atoms with E-state index in [4.69, 9.17) is 9.90 Å². The van der Waals surface area contributed by atoms with Gasteiger partial charge in [-0.2, -0.15) is 0 Å². The van der Waals surface area contributed by atoms with Crippen molar-refractivity contribution < 1.29 is 15.0 Å². The summed E-state index contributed by atoms with van der Waals surface area (Å²) in [5.41, 5.74) is 4.76. The quantitative estimate of drug-likeness (QED) is 0.644. The number of hydrogen-bond acceptors (Lipinski definition) is 5. The zero-order valence-corrected chi connectivity index (χ0v) is 16.6. The van der Waals surface area contributed by atoms with Gasteiger partial charge in [0.15, 0.2) is 5.82 Å². The number of carbonyl (C=O) groups is 1. The summed E-state index contributed by atoms with van der Waals surface area (Å²) in [5.74, 6) is -0.281. The van der Waals surface area contributed by atoms with E-state index >= 15 is 0 Å². The lowest BCUT2D eigenvalue weighted by molar-refractivity contribution is -0.134. The number of imidazole rings is 1. The maximum absolute atomic E-state index is 10.6. The first-order chi connectivity index (χ1) is 13.4. The van der Waals surface area contributed by atoms with Crippen LogP contribution in [0.3, 0.4) is 0 Å². The average molecular weight is 395 g/mol. The molecule has 28 heavy (non-hydrogen) atoms. The molecule has 0 saturated carbocycles. The van der Waals surface area contributed by atoms with Crippen LogP contribution in [0.2, 0.25) is 0 Å². The molecule has 0 spiro atoms. The molecule has 7 heteroatoms. The molecule has 0 radical (unpaired) electrons. The molecule has 0 bridgehead atoms. The maximum Gasteiger partial charge on any atom is 0.300 e. The van der Waals surface area contributed by atoms with Crippen LogP contribution in [0.5, 0.6) is 0 Å². The highest BCUT2D eigenvalue weighted by atomic mass is 32.2. The Morgan fingerprint density at radius 3 is 2.50 bits per heavy atom. The molecule has 144 valence electrons. The van der Waals surface area contributed by atoms with Gasteiger partial charge in [-0.25, -0.2) is 9.98 Å². The zero-order chi connectivity index (χ0) is 20.3. The van der Waals surface area contributed by atoms with Crippen LogP contribution >= 0.6 is 11.8 Å². The van der Waals surface area contributed by atoms with E-state index in [1.807, 2.05) is 41.8 Å². The number of carboxylic acid groups (broad SMARTS) is 1. The largest absolute Gasteiger partial charge is 0.481 e. The number of fused-ring (bicyclic) bond motifs is 3. The number of carboxylic acids is 1. The third-order valence-corrected chi connectivity index (χ3v) is 4.92. The van der Waals surface area contributed by atoms with Crippen LogP contribution in [0.1, 0.15) is 35.8 Å². The lowest BCUT2D eigenvalue weighted by Crippen LogP contribution is -2.08. The van der Waals surface area contributed by atoms with E-state index in [2.05, 4.69) is 34.4 Å². The van der Waals surface area contributed by atoms with Crippen molar-refractivity contribution in [3.63, 3.8) is 0 Å². The molecule has 1 aliphatic rings. The normalized spacial score (nSPS) is 14.7. The van der Waals surface area contributed by atoms with Crippen LogP contribution in [-0.2, 0) is 4.79 Å². The lowest BCUT2D eigenvalue weighted by Gasteiger charge is -2.14.